The van der Waals surface area contributed by atoms with Crippen LogP contribution >= 0.6 is 0 Å². The van der Waals surface area contributed by atoms with E-state index in [0.717, 1.165) is 42.0 Å². The first-order chi connectivity index (χ1) is 14.2. The van der Waals surface area contributed by atoms with Gasteiger partial charge < -0.3 is 14.6 Å². The lowest BCUT2D eigenvalue weighted by Crippen LogP contribution is -2.40. The van der Waals surface area contributed by atoms with E-state index in [-0.39, 0.29) is 11.8 Å². The number of nitrogens with one attached hydrogen (secondary N) is 1. The average molecular weight is 392 g/mol. The summed E-state index contributed by atoms with van der Waals surface area (Å²) < 4.78 is 10.1. The molecule has 1 aromatic heterocycles. The molecule has 1 saturated heterocycles. The van der Waals surface area contributed by atoms with Gasteiger partial charge >= 0.3 is 0 Å². The van der Waals surface area contributed by atoms with Crippen LogP contribution in [-0.4, -0.2) is 41.1 Å². The molecule has 4 rings (SSSR count). The molecule has 0 spiro atoms. The molecule has 29 heavy (non-hydrogen) atoms. The Morgan fingerprint density at radius 2 is 2.10 bits per heavy atom. The van der Waals surface area contributed by atoms with Crippen LogP contribution < -0.4 is 10.1 Å². The molecule has 150 valence electrons. The quantitative estimate of drug-likeness (QED) is 0.690. The minimum Gasteiger partial charge on any atom is -0.497 e. The van der Waals surface area contributed by atoms with Crippen molar-refractivity contribution in [3.05, 3.63) is 60.7 Å². The van der Waals surface area contributed by atoms with Crippen molar-refractivity contribution in [2.45, 2.75) is 19.4 Å². The largest absolute Gasteiger partial charge is 0.497 e. The fourth-order valence-corrected chi connectivity index (χ4v) is 3.67. The third kappa shape index (κ3) is 4.81. The Hall–Kier alpha value is -3.19. The van der Waals surface area contributed by atoms with Crippen molar-refractivity contribution in [3.63, 3.8) is 0 Å². The number of methoxy groups -OCH3 is 1. The molecule has 0 aliphatic carbocycles. The zero-order chi connectivity index (χ0) is 20.1. The summed E-state index contributed by atoms with van der Waals surface area (Å²) in [5.41, 5.74) is 2.95. The number of piperidine rings is 1. The number of amides is 1. The first-order valence-corrected chi connectivity index (χ1v) is 9.74. The second-order valence-corrected chi connectivity index (χ2v) is 7.22. The molecule has 3 aromatic rings. The van der Waals surface area contributed by atoms with Gasteiger partial charge in [-0.1, -0.05) is 29.4 Å². The number of aromatic nitrogens is 2. The molecular formula is C22H24N4O3. The van der Waals surface area contributed by atoms with E-state index in [1.165, 1.54) is 6.39 Å². The van der Waals surface area contributed by atoms with Crippen LogP contribution in [-0.2, 0) is 11.3 Å². The maximum Gasteiger partial charge on any atom is 0.228 e. The Balaban J connectivity index is 1.36. The van der Waals surface area contributed by atoms with Gasteiger partial charge in [-0.25, -0.2) is 0 Å². The van der Waals surface area contributed by atoms with Crippen LogP contribution in [0.3, 0.4) is 0 Å². The minimum atomic E-state index is -0.0475. The van der Waals surface area contributed by atoms with Crippen LogP contribution in [0.2, 0.25) is 0 Å². The van der Waals surface area contributed by atoms with E-state index >= 15 is 0 Å². The van der Waals surface area contributed by atoms with Gasteiger partial charge in [-0.05, 0) is 54.8 Å². The lowest BCUT2D eigenvalue weighted by Gasteiger charge is -2.31. The maximum atomic E-state index is 12.7. The number of nitrogens with zero attached hydrogens (tertiary/aromatic N) is 3. The highest BCUT2D eigenvalue weighted by Crippen LogP contribution is 2.26. The minimum absolute atomic E-state index is 0.0475. The first-order valence-electron chi connectivity index (χ1n) is 9.74. The van der Waals surface area contributed by atoms with Gasteiger partial charge in [0, 0.05) is 12.2 Å². The molecule has 1 aliphatic heterocycles. The molecule has 7 nitrogen and oxygen atoms in total. The van der Waals surface area contributed by atoms with E-state index in [1.54, 1.807) is 7.11 Å². The second kappa shape index (κ2) is 8.87. The highest BCUT2D eigenvalue weighted by Gasteiger charge is 2.26. The number of benzene rings is 2. The van der Waals surface area contributed by atoms with E-state index in [0.29, 0.717) is 18.9 Å². The van der Waals surface area contributed by atoms with Crippen LogP contribution in [0.5, 0.6) is 5.75 Å². The van der Waals surface area contributed by atoms with Crippen LogP contribution in [0.15, 0.2) is 59.4 Å². The molecule has 2 aromatic carbocycles. The van der Waals surface area contributed by atoms with Gasteiger partial charge in [-0.2, -0.15) is 4.98 Å². The van der Waals surface area contributed by atoms with E-state index in [2.05, 4.69) is 20.4 Å². The van der Waals surface area contributed by atoms with Crippen molar-refractivity contribution in [1.29, 1.82) is 0 Å². The van der Waals surface area contributed by atoms with E-state index in [9.17, 15) is 4.79 Å². The Morgan fingerprint density at radius 1 is 1.24 bits per heavy atom. The topological polar surface area (TPSA) is 80.5 Å². The Kier molecular flexibility index (Phi) is 5.86. The van der Waals surface area contributed by atoms with Gasteiger partial charge in [0.1, 0.15) is 5.75 Å². The molecule has 1 aliphatic rings. The van der Waals surface area contributed by atoms with E-state index in [4.69, 9.17) is 9.26 Å². The maximum absolute atomic E-state index is 12.7. The number of carbonyl (C=O) groups is 1. The summed E-state index contributed by atoms with van der Waals surface area (Å²) in [4.78, 5) is 19.0. The van der Waals surface area contributed by atoms with Crippen molar-refractivity contribution >= 4 is 11.6 Å². The normalized spacial score (nSPS) is 17.1. The number of anilines is 1. The second-order valence-electron chi connectivity index (χ2n) is 7.22. The third-order valence-electron chi connectivity index (χ3n) is 5.20. The molecule has 1 N–H and O–H groups in total. The fraction of sp³-hybridized carbons (Fsp3) is 0.318. The van der Waals surface area contributed by atoms with Gasteiger partial charge in [0.15, 0.2) is 5.82 Å². The number of hydrogen-bond acceptors (Lipinski definition) is 6. The summed E-state index contributed by atoms with van der Waals surface area (Å²) in [6, 6.07) is 15.8. The summed E-state index contributed by atoms with van der Waals surface area (Å²) >= 11 is 0. The summed E-state index contributed by atoms with van der Waals surface area (Å²) in [6.45, 7) is 2.24. The van der Waals surface area contributed by atoms with Crippen LogP contribution in [0.1, 0.15) is 18.7 Å². The summed E-state index contributed by atoms with van der Waals surface area (Å²) in [6.07, 6.45) is 3.19. The molecule has 0 saturated carbocycles. The lowest BCUT2D eigenvalue weighted by molar-refractivity contribution is -0.121. The molecule has 0 unspecified atom stereocenters. The van der Waals surface area contributed by atoms with Crippen molar-refractivity contribution in [3.8, 4) is 16.9 Å². The molecule has 0 bridgehead atoms. The number of carbonyl (C=O) groups excluding carboxylic acids is 1. The van der Waals surface area contributed by atoms with E-state index < -0.39 is 0 Å². The zero-order valence-electron chi connectivity index (χ0n) is 16.4. The van der Waals surface area contributed by atoms with Crippen LogP contribution in [0.25, 0.3) is 11.1 Å². The molecule has 7 heteroatoms. The number of ether oxygens (including phenoxy) is 1. The lowest BCUT2D eigenvalue weighted by atomic mass is 9.97. The Labute approximate surface area is 169 Å². The van der Waals surface area contributed by atoms with Crippen LogP contribution in [0, 0.1) is 5.92 Å². The summed E-state index contributed by atoms with van der Waals surface area (Å²) in [7, 11) is 1.66. The predicted octanol–water partition coefficient (Wildman–Crippen LogP) is 3.60. The van der Waals surface area contributed by atoms with E-state index in [1.807, 2.05) is 48.5 Å². The Bertz CT molecular complexity index is 941. The smallest absolute Gasteiger partial charge is 0.228 e. The van der Waals surface area contributed by atoms with Gasteiger partial charge in [0.05, 0.1) is 19.6 Å². The van der Waals surface area contributed by atoms with Gasteiger partial charge in [-0.3, -0.25) is 9.69 Å². The molecule has 1 amide bonds. The highest BCUT2D eigenvalue weighted by molar-refractivity contribution is 5.93. The van der Waals surface area contributed by atoms with Gasteiger partial charge in [-0.15, -0.1) is 0 Å². The Morgan fingerprint density at radius 3 is 2.86 bits per heavy atom. The zero-order valence-corrected chi connectivity index (χ0v) is 16.4. The molecule has 1 atom stereocenters. The van der Waals surface area contributed by atoms with Gasteiger partial charge in [0.2, 0.25) is 12.3 Å². The number of hydrogen-bond donors (Lipinski definition) is 1. The molecule has 2 heterocycles. The van der Waals surface area contributed by atoms with Gasteiger partial charge in [0.25, 0.3) is 0 Å². The summed E-state index contributed by atoms with van der Waals surface area (Å²) in [5.74, 6) is 1.48. The average Bonchev–Trinajstić information content (AvgIpc) is 3.27. The van der Waals surface area contributed by atoms with Crippen LogP contribution in [0.4, 0.5) is 5.69 Å². The predicted molar refractivity (Wildman–Crippen MR) is 109 cm³/mol. The number of likely N-dealkylation sites (tertiary alicyclic amines) is 1. The monoisotopic (exact) mass is 392 g/mol. The molecule has 1 fully saturated rings. The standard InChI is InChI=1S/C22H24N4O3/c1-28-20-6-2-4-17(12-20)16-7-9-19(10-8-16)24-22(27)18-5-3-11-26(13-18)14-21-23-15-29-25-21/h2,4,6-10,12,15,18H,3,5,11,13-14H2,1H3,(H,24,27)/t18-/m0/s1. The van der Waals surface area contributed by atoms with Crippen molar-refractivity contribution in [2.24, 2.45) is 5.92 Å². The summed E-state index contributed by atoms with van der Waals surface area (Å²) in [5, 5.41) is 6.91. The van der Waals surface area contributed by atoms with Crippen molar-refractivity contribution < 1.29 is 14.1 Å². The number of rotatable bonds is 6. The van der Waals surface area contributed by atoms with Crippen molar-refractivity contribution in [1.82, 2.24) is 15.0 Å². The SMILES string of the molecule is COc1cccc(-c2ccc(NC(=O)[C@H]3CCCN(Cc4ncon4)C3)cc2)c1. The first kappa shape index (κ1) is 19.1. The molecular weight excluding hydrogens is 368 g/mol. The fourth-order valence-electron chi connectivity index (χ4n) is 3.67. The third-order valence-corrected chi connectivity index (χ3v) is 5.20. The molecule has 0 radical (unpaired) electrons. The van der Waals surface area contributed by atoms with Crippen molar-refractivity contribution in [2.75, 3.05) is 25.5 Å². The highest BCUT2D eigenvalue weighted by atomic mass is 16.5.